The first-order valence-corrected chi connectivity index (χ1v) is 9.97. The topological polar surface area (TPSA) is 72.8 Å². The molecule has 1 N–H and O–H groups in total. The smallest absolute Gasteiger partial charge is 0.325 e. The Morgan fingerprint density at radius 2 is 2.00 bits per heavy atom. The minimum absolute atomic E-state index is 0.159. The molecule has 0 aliphatic carbocycles. The fourth-order valence-corrected chi connectivity index (χ4v) is 3.07. The van der Waals surface area contributed by atoms with Crippen LogP contribution in [0.5, 0.6) is 0 Å². The molecule has 0 saturated carbocycles. The molecule has 0 bridgehead atoms. The summed E-state index contributed by atoms with van der Waals surface area (Å²) in [7, 11) is 1.62. The summed E-state index contributed by atoms with van der Waals surface area (Å²) < 4.78 is 12.0. The molecule has 7 nitrogen and oxygen atoms in total. The Balaban J connectivity index is 2.06. The fraction of sp³-hybridized carbons (Fsp3) is 0.429. The molecule has 0 unspecified atom stereocenters. The van der Waals surface area contributed by atoms with Crippen LogP contribution in [-0.2, 0) is 27.4 Å². The minimum Gasteiger partial charge on any atom is -0.465 e. The van der Waals surface area contributed by atoms with Crippen molar-refractivity contribution in [3.63, 3.8) is 0 Å². The van der Waals surface area contributed by atoms with Crippen molar-refractivity contribution < 1.29 is 19.1 Å². The lowest BCUT2D eigenvalue weighted by molar-refractivity contribution is -0.141. The van der Waals surface area contributed by atoms with E-state index in [4.69, 9.17) is 21.1 Å². The molecular weight excluding hydrogens is 394 g/mol. The van der Waals surface area contributed by atoms with Crippen LogP contribution in [0.4, 0.5) is 4.79 Å². The number of esters is 1. The maximum Gasteiger partial charge on any atom is 0.325 e. The average molecular weight is 422 g/mol. The van der Waals surface area contributed by atoms with Crippen molar-refractivity contribution in [2.75, 3.05) is 33.4 Å². The van der Waals surface area contributed by atoms with Gasteiger partial charge in [0.1, 0.15) is 6.54 Å². The summed E-state index contributed by atoms with van der Waals surface area (Å²) in [5.41, 5.74) is 1.97. The number of hydrogen-bond acceptors (Lipinski definition) is 4. The lowest BCUT2D eigenvalue weighted by Gasteiger charge is -2.24. The number of carbonyl (C=O) groups is 2. The van der Waals surface area contributed by atoms with E-state index in [-0.39, 0.29) is 19.2 Å². The van der Waals surface area contributed by atoms with Gasteiger partial charge < -0.3 is 24.3 Å². The highest BCUT2D eigenvalue weighted by atomic mass is 35.5. The Morgan fingerprint density at radius 1 is 1.21 bits per heavy atom. The zero-order valence-electron chi connectivity index (χ0n) is 16.9. The zero-order chi connectivity index (χ0) is 21.1. The number of hydrogen-bond donors (Lipinski definition) is 1. The van der Waals surface area contributed by atoms with Gasteiger partial charge in [0.25, 0.3) is 0 Å². The van der Waals surface area contributed by atoms with Crippen molar-refractivity contribution in [1.82, 2.24) is 14.8 Å². The van der Waals surface area contributed by atoms with E-state index in [1.54, 1.807) is 18.9 Å². The maximum absolute atomic E-state index is 12.6. The summed E-state index contributed by atoms with van der Waals surface area (Å²) >= 11 is 6.29. The van der Waals surface area contributed by atoms with Crippen LogP contribution in [0.1, 0.15) is 24.6 Å². The SMILES string of the molecule is CCOC(=O)CNC(=O)N(CCCOC)Cc1cccn1Cc1ccccc1Cl. The van der Waals surface area contributed by atoms with Gasteiger partial charge >= 0.3 is 12.0 Å². The highest BCUT2D eigenvalue weighted by Gasteiger charge is 2.17. The van der Waals surface area contributed by atoms with Crippen LogP contribution in [-0.4, -0.2) is 54.9 Å². The van der Waals surface area contributed by atoms with Crippen LogP contribution >= 0.6 is 11.6 Å². The lowest BCUT2D eigenvalue weighted by atomic mass is 10.2. The lowest BCUT2D eigenvalue weighted by Crippen LogP contribution is -2.43. The molecule has 0 radical (unpaired) electrons. The second-order valence-electron chi connectivity index (χ2n) is 6.45. The number of rotatable bonds is 11. The number of carbonyl (C=O) groups excluding carboxylic acids is 2. The Bertz CT molecular complexity index is 794. The quantitative estimate of drug-likeness (QED) is 0.446. The highest BCUT2D eigenvalue weighted by molar-refractivity contribution is 6.31. The van der Waals surface area contributed by atoms with Crippen LogP contribution in [0.3, 0.4) is 0 Å². The Hall–Kier alpha value is -2.51. The summed E-state index contributed by atoms with van der Waals surface area (Å²) in [6.45, 7) is 3.90. The molecule has 1 aromatic carbocycles. The number of ether oxygens (including phenoxy) is 2. The third kappa shape index (κ3) is 7.44. The summed E-state index contributed by atoms with van der Waals surface area (Å²) in [5.74, 6) is -0.459. The monoisotopic (exact) mass is 421 g/mol. The van der Waals surface area contributed by atoms with Crippen molar-refractivity contribution >= 4 is 23.6 Å². The van der Waals surface area contributed by atoms with Crippen LogP contribution in [0.2, 0.25) is 5.02 Å². The second kappa shape index (κ2) is 12.1. The van der Waals surface area contributed by atoms with Gasteiger partial charge in [0.15, 0.2) is 0 Å². The van der Waals surface area contributed by atoms with Crippen LogP contribution in [0, 0.1) is 0 Å². The van der Waals surface area contributed by atoms with Gasteiger partial charge in [-0.1, -0.05) is 29.8 Å². The van der Waals surface area contributed by atoms with Crippen LogP contribution < -0.4 is 5.32 Å². The number of benzene rings is 1. The number of amides is 2. The van der Waals surface area contributed by atoms with Crippen molar-refractivity contribution in [1.29, 1.82) is 0 Å². The van der Waals surface area contributed by atoms with E-state index in [1.807, 2.05) is 42.6 Å². The van der Waals surface area contributed by atoms with Gasteiger partial charge in [-0.2, -0.15) is 0 Å². The van der Waals surface area contributed by atoms with Crippen molar-refractivity contribution in [2.45, 2.75) is 26.4 Å². The molecular formula is C21H28ClN3O4. The zero-order valence-corrected chi connectivity index (χ0v) is 17.7. The number of nitrogens with one attached hydrogen (secondary N) is 1. The Kier molecular flexibility index (Phi) is 9.53. The van der Waals surface area contributed by atoms with E-state index in [1.165, 1.54) is 0 Å². The number of halogens is 1. The third-order valence-electron chi connectivity index (χ3n) is 4.33. The summed E-state index contributed by atoms with van der Waals surface area (Å²) in [4.78, 5) is 25.8. The van der Waals surface area contributed by atoms with Gasteiger partial charge in [-0.15, -0.1) is 0 Å². The van der Waals surface area contributed by atoms with Gasteiger partial charge in [-0.05, 0) is 37.1 Å². The Labute approximate surface area is 176 Å². The predicted molar refractivity (Wildman–Crippen MR) is 112 cm³/mol. The molecule has 0 atom stereocenters. The predicted octanol–water partition coefficient (Wildman–Crippen LogP) is 3.30. The molecule has 0 fully saturated rings. The van der Waals surface area contributed by atoms with Gasteiger partial charge in [-0.25, -0.2) is 4.79 Å². The van der Waals surface area contributed by atoms with E-state index in [2.05, 4.69) is 9.88 Å². The van der Waals surface area contributed by atoms with Gasteiger partial charge in [0, 0.05) is 43.7 Å². The van der Waals surface area contributed by atoms with E-state index in [0.717, 1.165) is 11.3 Å². The van der Waals surface area contributed by atoms with E-state index >= 15 is 0 Å². The van der Waals surface area contributed by atoms with E-state index < -0.39 is 5.97 Å². The molecule has 2 amide bonds. The number of urea groups is 1. The van der Waals surface area contributed by atoms with Gasteiger partial charge in [0.2, 0.25) is 0 Å². The Morgan fingerprint density at radius 3 is 2.72 bits per heavy atom. The van der Waals surface area contributed by atoms with Crippen LogP contribution in [0.15, 0.2) is 42.6 Å². The normalized spacial score (nSPS) is 10.6. The molecule has 29 heavy (non-hydrogen) atoms. The summed E-state index contributed by atoms with van der Waals surface area (Å²) in [6.07, 6.45) is 2.65. The molecule has 0 aliphatic heterocycles. The van der Waals surface area contributed by atoms with Crippen molar-refractivity contribution in [3.8, 4) is 0 Å². The molecule has 2 rings (SSSR count). The molecule has 158 valence electrons. The van der Waals surface area contributed by atoms with E-state index in [9.17, 15) is 9.59 Å². The largest absolute Gasteiger partial charge is 0.465 e. The minimum atomic E-state index is -0.459. The molecule has 1 heterocycles. The average Bonchev–Trinajstić information content (AvgIpc) is 3.14. The first-order chi connectivity index (χ1) is 14.0. The molecule has 0 spiro atoms. The number of methoxy groups -OCH3 is 1. The molecule has 0 aliphatic rings. The van der Waals surface area contributed by atoms with Gasteiger partial charge in [0.05, 0.1) is 13.2 Å². The molecule has 1 aromatic heterocycles. The number of nitrogens with zero attached hydrogens (tertiary/aromatic N) is 2. The molecule has 8 heteroatoms. The maximum atomic E-state index is 12.6. The number of aromatic nitrogens is 1. The first-order valence-electron chi connectivity index (χ1n) is 9.60. The third-order valence-corrected chi connectivity index (χ3v) is 4.70. The van der Waals surface area contributed by atoms with E-state index in [0.29, 0.717) is 37.7 Å². The standard InChI is InChI=1S/C21H28ClN3O4/c1-3-29-20(26)14-23-21(27)25(12-7-13-28-2)16-18-9-6-11-24(18)15-17-8-4-5-10-19(17)22/h4-6,8-11H,3,7,12-16H2,1-2H3,(H,23,27). The van der Waals surface area contributed by atoms with Crippen molar-refractivity contribution in [2.24, 2.45) is 0 Å². The highest BCUT2D eigenvalue weighted by Crippen LogP contribution is 2.18. The summed E-state index contributed by atoms with van der Waals surface area (Å²) in [6, 6.07) is 11.3. The van der Waals surface area contributed by atoms with Crippen LogP contribution in [0.25, 0.3) is 0 Å². The molecule has 0 saturated heterocycles. The van der Waals surface area contributed by atoms with Gasteiger partial charge in [-0.3, -0.25) is 4.79 Å². The summed E-state index contributed by atoms with van der Waals surface area (Å²) in [5, 5.41) is 3.33. The second-order valence-corrected chi connectivity index (χ2v) is 6.86. The first kappa shape index (κ1) is 22.8. The van der Waals surface area contributed by atoms with Crippen molar-refractivity contribution in [3.05, 3.63) is 58.9 Å². The fourth-order valence-electron chi connectivity index (χ4n) is 2.88. The molecule has 2 aromatic rings.